The van der Waals surface area contributed by atoms with Crippen molar-refractivity contribution in [3.63, 3.8) is 0 Å². The lowest BCUT2D eigenvalue weighted by Gasteiger charge is -2.38. The summed E-state index contributed by atoms with van der Waals surface area (Å²) in [5.74, 6) is -1.47. The van der Waals surface area contributed by atoms with Gasteiger partial charge in [-0.3, -0.25) is 4.52 Å². The molecule has 0 aromatic heterocycles. The first kappa shape index (κ1) is 13.2. The predicted molar refractivity (Wildman–Crippen MR) is 70.5 cm³/mol. The zero-order valence-corrected chi connectivity index (χ0v) is 11.5. The van der Waals surface area contributed by atoms with Crippen LogP contribution in [-0.2, 0) is 29.0 Å². The van der Waals surface area contributed by atoms with E-state index in [1.54, 1.807) is 7.11 Å². The molecule has 0 heterocycles. The first-order valence-corrected chi connectivity index (χ1v) is 8.33. The third-order valence-corrected chi connectivity index (χ3v) is 5.15. The normalized spacial score (nSPS) is 11.9. The summed E-state index contributed by atoms with van der Waals surface area (Å²) in [6, 6.07) is 7.47. The summed E-state index contributed by atoms with van der Waals surface area (Å²) in [5, 5.41) is 0.905. The van der Waals surface area contributed by atoms with Gasteiger partial charge in [0.1, 0.15) is 5.75 Å². The smallest absolute Gasteiger partial charge is 0.119 e. The van der Waals surface area contributed by atoms with Crippen LogP contribution in [0.15, 0.2) is 24.3 Å². The van der Waals surface area contributed by atoms with Crippen LogP contribution >= 0.6 is 5.89 Å². The fraction of sp³-hybridized carbons (Fsp3) is 0.400. The quantitative estimate of drug-likeness (QED) is 0.612. The molecule has 0 aliphatic carbocycles. The summed E-state index contributed by atoms with van der Waals surface area (Å²) in [6.07, 6.45) is 0.0652. The van der Waals surface area contributed by atoms with Gasteiger partial charge in [0.05, 0.1) is 18.5 Å². The van der Waals surface area contributed by atoms with Gasteiger partial charge in [0.2, 0.25) is 0 Å². The second-order valence-electron chi connectivity index (χ2n) is 3.35. The maximum absolute atomic E-state index is 5.60. The van der Waals surface area contributed by atoms with Gasteiger partial charge in [-0.05, 0) is 38.1 Å². The van der Waals surface area contributed by atoms with Crippen LogP contribution in [0.4, 0.5) is 0 Å². The lowest BCUT2D eigenvalue weighted by Crippen LogP contribution is -2.13. The van der Waals surface area contributed by atoms with Crippen LogP contribution in [0.1, 0.15) is 13.8 Å². The Morgan fingerprint density at radius 1 is 1.13 bits per heavy atom. The molecule has 2 nitrogen and oxygen atoms in total. The number of hydrogen-bond acceptors (Lipinski definition) is 4. The van der Waals surface area contributed by atoms with Gasteiger partial charge in [-0.2, -0.15) is 0 Å². The Kier molecular flexibility index (Phi) is 4.78. The molecule has 1 aromatic carbocycles. The van der Waals surface area contributed by atoms with Crippen molar-refractivity contribution in [1.29, 1.82) is 0 Å². The Bertz CT molecular complexity index is 312. The second kappa shape index (κ2) is 5.44. The molecule has 0 bridgehead atoms. The third kappa shape index (κ3) is 3.87. The fourth-order valence-electron chi connectivity index (χ4n) is 1.10. The molecule has 0 N–H and O–H groups in total. The van der Waals surface area contributed by atoms with Crippen LogP contribution in [-0.4, -0.2) is 13.2 Å². The minimum absolute atomic E-state index is 0.0652. The van der Waals surface area contributed by atoms with Gasteiger partial charge in [0, 0.05) is 0 Å². The molecule has 84 valence electrons. The lowest BCUT2D eigenvalue weighted by molar-refractivity contribution is 0.278. The van der Waals surface area contributed by atoms with E-state index < -0.39 is 5.89 Å². The highest BCUT2D eigenvalue weighted by molar-refractivity contribution is 8.74. The molecule has 15 heavy (non-hydrogen) atoms. The summed E-state index contributed by atoms with van der Waals surface area (Å²) in [7, 11) is 1.63. The number of hydrogen-bond donors (Lipinski definition) is 0. The van der Waals surface area contributed by atoms with E-state index in [1.165, 1.54) is 0 Å². The first-order chi connectivity index (χ1) is 6.95. The van der Waals surface area contributed by atoms with E-state index in [1.807, 2.05) is 38.1 Å². The molecule has 0 aliphatic heterocycles. The molecular formula is C10H14O2PS2-. The fourth-order valence-corrected chi connectivity index (χ4v) is 4.06. The van der Waals surface area contributed by atoms with Gasteiger partial charge in [0.15, 0.2) is 0 Å². The summed E-state index contributed by atoms with van der Waals surface area (Å²) in [6.45, 7) is 3.88. The molecule has 0 unspecified atom stereocenters. The Balaban J connectivity index is 2.85. The van der Waals surface area contributed by atoms with Gasteiger partial charge in [-0.1, -0.05) is 5.89 Å². The van der Waals surface area contributed by atoms with Crippen LogP contribution in [0.3, 0.4) is 0 Å². The lowest BCUT2D eigenvalue weighted by atomic mass is 10.3. The van der Waals surface area contributed by atoms with Gasteiger partial charge in [-0.15, -0.1) is 0 Å². The van der Waals surface area contributed by atoms with Gasteiger partial charge in [-0.25, -0.2) is 0 Å². The van der Waals surface area contributed by atoms with Crippen LogP contribution in [0.2, 0.25) is 0 Å². The van der Waals surface area contributed by atoms with Gasteiger partial charge < -0.3 is 29.2 Å². The van der Waals surface area contributed by atoms with E-state index in [4.69, 9.17) is 33.8 Å². The number of ether oxygens (including phenoxy) is 1. The van der Waals surface area contributed by atoms with Crippen LogP contribution in [0.25, 0.3) is 0 Å². The molecule has 0 atom stereocenters. The standard InChI is InChI=1S/C10H15O2PS2/c1-8(2)12-13(14,15)10-6-4-9(11-3)5-7-10/h4-8H,1-3H3,(H,14,15)/p-1. The predicted octanol–water partition coefficient (Wildman–Crippen LogP) is 2.60. The summed E-state index contributed by atoms with van der Waals surface area (Å²) >= 11 is 10.7. The topological polar surface area (TPSA) is 18.5 Å². The molecular weight excluding hydrogens is 247 g/mol. The van der Waals surface area contributed by atoms with E-state index in [-0.39, 0.29) is 6.10 Å². The average Bonchev–Trinajstić information content (AvgIpc) is 2.16. The van der Waals surface area contributed by atoms with Crippen molar-refractivity contribution in [2.75, 3.05) is 7.11 Å². The molecule has 0 aliphatic rings. The van der Waals surface area contributed by atoms with E-state index in [9.17, 15) is 0 Å². The third-order valence-electron chi connectivity index (χ3n) is 1.74. The van der Waals surface area contributed by atoms with Crippen LogP contribution < -0.4 is 10.0 Å². The molecule has 1 rings (SSSR count). The Morgan fingerprint density at radius 3 is 2.07 bits per heavy atom. The molecule has 0 spiro atoms. The van der Waals surface area contributed by atoms with E-state index in [0.29, 0.717) is 0 Å². The Hall–Kier alpha value is 0.110. The highest BCUT2D eigenvalue weighted by Gasteiger charge is 2.15. The first-order valence-electron chi connectivity index (χ1n) is 4.60. The van der Waals surface area contributed by atoms with Crippen molar-refractivity contribution >= 4 is 35.7 Å². The minimum atomic E-state index is -2.27. The molecule has 0 radical (unpaired) electrons. The second-order valence-corrected chi connectivity index (χ2v) is 8.85. The highest BCUT2D eigenvalue weighted by atomic mass is 33.1. The largest absolute Gasteiger partial charge is 0.542 e. The maximum Gasteiger partial charge on any atom is 0.119 e. The van der Waals surface area contributed by atoms with Crippen molar-refractivity contribution in [2.45, 2.75) is 20.0 Å². The van der Waals surface area contributed by atoms with Crippen molar-refractivity contribution in [3.05, 3.63) is 24.3 Å². The zero-order chi connectivity index (χ0) is 11.5. The van der Waals surface area contributed by atoms with Crippen molar-refractivity contribution < 1.29 is 9.26 Å². The zero-order valence-electron chi connectivity index (χ0n) is 8.97. The Labute approximate surface area is 102 Å². The molecule has 0 saturated heterocycles. The minimum Gasteiger partial charge on any atom is -0.542 e. The summed E-state index contributed by atoms with van der Waals surface area (Å²) in [4.78, 5) is 0. The molecule has 0 fully saturated rings. The van der Waals surface area contributed by atoms with Crippen molar-refractivity contribution in [1.82, 2.24) is 0 Å². The van der Waals surface area contributed by atoms with Gasteiger partial charge >= 0.3 is 0 Å². The van der Waals surface area contributed by atoms with Crippen molar-refractivity contribution in [2.24, 2.45) is 0 Å². The van der Waals surface area contributed by atoms with Gasteiger partial charge in [0.25, 0.3) is 0 Å². The number of benzene rings is 1. The van der Waals surface area contributed by atoms with E-state index in [0.717, 1.165) is 11.1 Å². The molecule has 1 aromatic rings. The van der Waals surface area contributed by atoms with E-state index >= 15 is 0 Å². The maximum atomic E-state index is 5.60. The Morgan fingerprint density at radius 2 is 1.67 bits per heavy atom. The van der Waals surface area contributed by atoms with Crippen LogP contribution in [0, 0.1) is 0 Å². The highest BCUT2D eigenvalue weighted by Crippen LogP contribution is 2.55. The molecule has 5 heteroatoms. The average molecular weight is 261 g/mol. The van der Waals surface area contributed by atoms with Crippen LogP contribution in [0.5, 0.6) is 5.75 Å². The summed E-state index contributed by atoms with van der Waals surface area (Å²) < 4.78 is 10.7. The molecule has 0 amide bonds. The summed E-state index contributed by atoms with van der Waals surface area (Å²) in [5.41, 5.74) is 0. The van der Waals surface area contributed by atoms with Crippen molar-refractivity contribution in [3.8, 4) is 5.75 Å². The molecule has 0 saturated carbocycles. The van der Waals surface area contributed by atoms with E-state index in [2.05, 4.69) is 0 Å². The monoisotopic (exact) mass is 261 g/mol. The number of rotatable bonds is 4. The SMILES string of the molecule is COc1ccc([P+]([S-])([S-])OC(C)C)cc1. The number of methoxy groups -OCH3 is 1.